The quantitative estimate of drug-likeness (QED) is 0.650. The Morgan fingerprint density at radius 3 is 2.58 bits per heavy atom. The maximum atomic E-state index is 12.6. The first-order valence-electron chi connectivity index (χ1n) is 7.31. The Balaban J connectivity index is 2.01. The molecule has 1 aromatic heterocycles. The van der Waals surface area contributed by atoms with Crippen molar-refractivity contribution < 1.29 is 32.3 Å². The van der Waals surface area contributed by atoms with Crippen molar-refractivity contribution in [1.82, 2.24) is 9.88 Å². The lowest BCUT2D eigenvalue weighted by atomic mass is 10.1. The normalized spacial score (nSPS) is 17.7. The fraction of sp³-hybridized carbons (Fsp3) is 0.533. The van der Waals surface area contributed by atoms with Crippen LogP contribution in [0, 0.1) is 13.8 Å². The number of esters is 1. The highest BCUT2D eigenvalue weighted by atomic mass is 19.4. The summed E-state index contributed by atoms with van der Waals surface area (Å²) in [7, 11) is 0. The monoisotopic (exact) mass is 346 g/mol. The van der Waals surface area contributed by atoms with Gasteiger partial charge in [-0.3, -0.25) is 9.59 Å². The number of nitrogens with zero attached hydrogens (tertiary/aromatic N) is 1. The van der Waals surface area contributed by atoms with Crippen molar-refractivity contribution >= 4 is 17.7 Å². The summed E-state index contributed by atoms with van der Waals surface area (Å²) in [5.74, 6) is -1.58. The zero-order valence-electron chi connectivity index (χ0n) is 13.2. The molecule has 1 atom stereocenters. The van der Waals surface area contributed by atoms with Gasteiger partial charge >= 0.3 is 12.1 Å². The Kier molecular flexibility index (Phi) is 5.00. The number of ether oxygens (including phenoxy) is 1. The van der Waals surface area contributed by atoms with Gasteiger partial charge in [-0.1, -0.05) is 0 Å². The summed E-state index contributed by atoms with van der Waals surface area (Å²) in [5.41, 5.74) is 0.544. The predicted octanol–water partition coefficient (Wildman–Crippen LogP) is 1.67. The number of amides is 1. The van der Waals surface area contributed by atoms with E-state index in [1.165, 1.54) is 19.9 Å². The van der Waals surface area contributed by atoms with Crippen molar-refractivity contribution in [2.24, 2.45) is 0 Å². The van der Waals surface area contributed by atoms with Gasteiger partial charge in [-0.2, -0.15) is 13.2 Å². The van der Waals surface area contributed by atoms with E-state index in [4.69, 9.17) is 4.74 Å². The lowest BCUT2D eigenvalue weighted by Gasteiger charge is -2.12. The molecule has 1 saturated heterocycles. The maximum Gasteiger partial charge on any atom is 0.406 e. The molecule has 0 unspecified atom stereocenters. The van der Waals surface area contributed by atoms with Crippen LogP contribution >= 0.6 is 0 Å². The molecule has 1 aromatic rings. The summed E-state index contributed by atoms with van der Waals surface area (Å²) >= 11 is 0. The molecule has 6 nitrogen and oxygen atoms in total. The molecule has 0 aliphatic carbocycles. The van der Waals surface area contributed by atoms with Gasteiger partial charge in [0.2, 0.25) is 11.7 Å². The second-order valence-corrected chi connectivity index (χ2v) is 5.68. The highest BCUT2D eigenvalue weighted by Gasteiger charge is 2.31. The number of aryl methyl sites for hydroxylation is 1. The predicted molar refractivity (Wildman–Crippen MR) is 76.4 cm³/mol. The van der Waals surface area contributed by atoms with Crippen LogP contribution in [0.1, 0.15) is 34.6 Å². The number of Topliss-reactive ketones (excluding diaryl/α,β-unsaturated/α-hetero) is 1. The van der Waals surface area contributed by atoms with Gasteiger partial charge in [-0.25, -0.2) is 4.79 Å². The van der Waals surface area contributed by atoms with Crippen molar-refractivity contribution in [2.75, 3.05) is 6.61 Å². The largest absolute Gasteiger partial charge is 0.456 e. The second kappa shape index (κ2) is 6.66. The highest BCUT2D eigenvalue weighted by molar-refractivity contribution is 5.99. The van der Waals surface area contributed by atoms with Crippen LogP contribution < -0.4 is 5.32 Å². The Hall–Kier alpha value is -2.32. The van der Waals surface area contributed by atoms with E-state index in [-0.39, 0.29) is 23.6 Å². The molecule has 0 bridgehead atoms. The van der Waals surface area contributed by atoms with Crippen LogP contribution in [0.5, 0.6) is 0 Å². The summed E-state index contributed by atoms with van der Waals surface area (Å²) in [6.45, 7) is 1.11. The summed E-state index contributed by atoms with van der Waals surface area (Å²) in [5, 5.41) is 2.41. The number of carbonyl (C=O) groups is 3. The molecule has 1 fully saturated rings. The number of halogens is 3. The Labute approximate surface area is 136 Å². The van der Waals surface area contributed by atoms with Crippen LogP contribution in [0.25, 0.3) is 0 Å². The molecule has 2 rings (SSSR count). The van der Waals surface area contributed by atoms with Crippen molar-refractivity contribution in [3.05, 3.63) is 23.0 Å². The van der Waals surface area contributed by atoms with Crippen molar-refractivity contribution in [3.63, 3.8) is 0 Å². The lowest BCUT2D eigenvalue weighted by Crippen LogP contribution is -2.35. The topological polar surface area (TPSA) is 77.4 Å². The van der Waals surface area contributed by atoms with Crippen LogP contribution in [-0.2, 0) is 20.9 Å². The molecule has 1 aliphatic heterocycles. The summed E-state index contributed by atoms with van der Waals surface area (Å²) in [4.78, 5) is 34.9. The van der Waals surface area contributed by atoms with Gasteiger partial charge in [-0.05, 0) is 26.3 Å². The number of aromatic nitrogens is 1. The van der Waals surface area contributed by atoms with Crippen molar-refractivity contribution in [2.45, 2.75) is 45.5 Å². The second-order valence-electron chi connectivity index (χ2n) is 5.68. The van der Waals surface area contributed by atoms with Gasteiger partial charge in [0.1, 0.15) is 12.6 Å². The molecule has 1 amide bonds. The SMILES string of the molecule is Cc1cc(C(=O)COC(=O)[C@@H]2CCC(=O)N2)c(C)n1CC(F)(F)F. The Bertz CT molecular complexity index is 679. The first kappa shape index (κ1) is 18.0. The highest BCUT2D eigenvalue weighted by Crippen LogP contribution is 2.23. The molecule has 0 saturated carbocycles. The smallest absolute Gasteiger partial charge is 0.406 e. The average Bonchev–Trinajstić information content (AvgIpc) is 3.02. The van der Waals surface area contributed by atoms with Crippen LogP contribution in [0.15, 0.2) is 6.07 Å². The van der Waals surface area contributed by atoms with Gasteiger partial charge in [0.25, 0.3) is 0 Å². The summed E-state index contributed by atoms with van der Waals surface area (Å²) in [6, 6.07) is 0.567. The summed E-state index contributed by atoms with van der Waals surface area (Å²) < 4.78 is 43.5. The van der Waals surface area contributed by atoms with Gasteiger partial charge in [0.05, 0.1) is 0 Å². The molecule has 0 radical (unpaired) electrons. The fourth-order valence-corrected chi connectivity index (χ4v) is 2.61. The van der Waals surface area contributed by atoms with E-state index in [1.54, 1.807) is 0 Å². The third-order valence-corrected chi connectivity index (χ3v) is 3.84. The van der Waals surface area contributed by atoms with Crippen molar-refractivity contribution in [3.8, 4) is 0 Å². The molecule has 0 spiro atoms. The minimum atomic E-state index is -4.40. The number of carbonyl (C=O) groups excluding carboxylic acids is 3. The Morgan fingerprint density at radius 2 is 2.04 bits per heavy atom. The van der Waals surface area contributed by atoms with Gasteiger partial charge in [-0.15, -0.1) is 0 Å². The van der Waals surface area contributed by atoms with E-state index >= 15 is 0 Å². The molecule has 132 valence electrons. The van der Waals surface area contributed by atoms with Gasteiger partial charge in [0, 0.05) is 23.4 Å². The zero-order chi connectivity index (χ0) is 18.1. The van der Waals surface area contributed by atoms with Gasteiger partial charge < -0.3 is 14.6 Å². The van der Waals surface area contributed by atoms with E-state index in [0.717, 1.165) is 4.57 Å². The first-order chi connectivity index (χ1) is 11.1. The van der Waals surface area contributed by atoms with Crippen LogP contribution in [-0.4, -0.2) is 41.1 Å². The van der Waals surface area contributed by atoms with E-state index in [2.05, 4.69) is 5.32 Å². The lowest BCUT2D eigenvalue weighted by molar-refractivity contribution is -0.145. The van der Waals surface area contributed by atoms with E-state index < -0.39 is 37.1 Å². The molecule has 1 N–H and O–H groups in total. The fourth-order valence-electron chi connectivity index (χ4n) is 2.61. The minimum absolute atomic E-state index is 0.0833. The molecule has 9 heteroatoms. The third-order valence-electron chi connectivity index (χ3n) is 3.84. The molecule has 0 aromatic carbocycles. The molecule has 2 heterocycles. The number of ketones is 1. The van der Waals surface area contributed by atoms with Gasteiger partial charge in [0.15, 0.2) is 6.61 Å². The van der Waals surface area contributed by atoms with Crippen molar-refractivity contribution in [1.29, 1.82) is 0 Å². The molecule has 1 aliphatic rings. The third kappa shape index (κ3) is 4.15. The maximum absolute atomic E-state index is 12.6. The average molecular weight is 346 g/mol. The van der Waals surface area contributed by atoms with E-state index in [9.17, 15) is 27.6 Å². The molecular weight excluding hydrogens is 329 g/mol. The zero-order valence-corrected chi connectivity index (χ0v) is 13.2. The van der Waals surface area contributed by atoms with E-state index in [0.29, 0.717) is 12.1 Å². The number of rotatable bonds is 5. The number of hydrogen-bond donors (Lipinski definition) is 1. The first-order valence-corrected chi connectivity index (χ1v) is 7.31. The van der Waals surface area contributed by atoms with E-state index in [1.807, 2.05) is 0 Å². The van der Waals surface area contributed by atoms with Crippen LogP contribution in [0.3, 0.4) is 0 Å². The number of alkyl halides is 3. The molecular formula is C15H17F3N2O4. The van der Waals surface area contributed by atoms with Crippen LogP contribution in [0.4, 0.5) is 13.2 Å². The van der Waals surface area contributed by atoms with Crippen LogP contribution in [0.2, 0.25) is 0 Å². The Morgan fingerprint density at radius 1 is 1.38 bits per heavy atom. The number of hydrogen-bond acceptors (Lipinski definition) is 4. The summed E-state index contributed by atoms with van der Waals surface area (Å²) in [6.07, 6.45) is -3.89. The number of nitrogens with one attached hydrogen (secondary N) is 1. The minimum Gasteiger partial charge on any atom is -0.456 e. The standard InChI is InChI=1S/C15H17F3N2O4/c1-8-5-10(9(2)20(8)7-15(16,17)18)12(21)6-24-14(23)11-3-4-13(22)19-11/h5,11H,3-4,6-7H2,1-2H3,(H,19,22)/t11-/m0/s1. The molecule has 24 heavy (non-hydrogen) atoms.